The summed E-state index contributed by atoms with van der Waals surface area (Å²) in [7, 11) is 0. The van der Waals surface area contributed by atoms with Gasteiger partial charge in [0.15, 0.2) is 5.78 Å². The molecule has 4 atom stereocenters. The van der Waals surface area contributed by atoms with E-state index in [1.807, 2.05) is 41.8 Å². The number of ketones is 1. The number of carbonyl (C=O) groups is 2. The van der Waals surface area contributed by atoms with Gasteiger partial charge in [0.1, 0.15) is 11.4 Å². The fraction of sp³-hybridized carbons (Fsp3) is 0.400. The van der Waals surface area contributed by atoms with Crippen LogP contribution >= 0.6 is 11.3 Å². The van der Waals surface area contributed by atoms with Gasteiger partial charge in [0, 0.05) is 16.7 Å². The minimum atomic E-state index is -0.471. The van der Waals surface area contributed by atoms with Crippen LogP contribution in [0.5, 0.6) is 5.75 Å². The zero-order chi connectivity index (χ0) is 17.0. The van der Waals surface area contributed by atoms with Crippen LogP contribution in [0.2, 0.25) is 0 Å². The fourth-order valence-electron chi connectivity index (χ4n) is 4.82. The maximum absolute atomic E-state index is 12.6. The Labute approximate surface area is 150 Å². The molecule has 1 aromatic carbocycles. The molecule has 1 aliphatic heterocycles. The summed E-state index contributed by atoms with van der Waals surface area (Å²) < 4.78 is 6.34. The first kappa shape index (κ1) is 15.1. The molecule has 2 heterocycles. The summed E-state index contributed by atoms with van der Waals surface area (Å²) in [5, 5.41) is 5.07. The van der Waals surface area contributed by atoms with Crippen LogP contribution in [0.1, 0.15) is 34.5 Å². The van der Waals surface area contributed by atoms with Crippen LogP contribution in [-0.4, -0.2) is 17.3 Å². The highest BCUT2D eigenvalue weighted by atomic mass is 32.1. The maximum atomic E-state index is 12.6. The number of para-hydroxylation sites is 1. The van der Waals surface area contributed by atoms with E-state index >= 15 is 0 Å². The lowest BCUT2D eigenvalue weighted by molar-refractivity contribution is -0.124. The molecule has 1 spiro atoms. The van der Waals surface area contributed by atoms with Crippen molar-refractivity contribution in [1.29, 1.82) is 0 Å². The van der Waals surface area contributed by atoms with Gasteiger partial charge in [0.2, 0.25) is 5.91 Å². The first-order valence-corrected chi connectivity index (χ1v) is 9.67. The standard InChI is InChI=1S/C20H19NO3S/c22-15-10-20(24-16-6-2-1-5-13(15)16)8-7-14-17(18(14)20)19(23)21-11-12-4-3-9-25-12/h1-6,9,14,17-18H,7-8,10-11H2,(H,21,23)/t14-,17-,18-,20-/m1/s1. The number of hydrogen-bond acceptors (Lipinski definition) is 4. The van der Waals surface area contributed by atoms with Gasteiger partial charge in [-0.15, -0.1) is 11.3 Å². The summed E-state index contributed by atoms with van der Waals surface area (Å²) >= 11 is 1.65. The van der Waals surface area contributed by atoms with Gasteiger partial charge in [-0.3, -0.25) is 9.59 Å². The van der Waals surface area contributed by atoms with E-state index in [0.717, 1.165) is 17.7 Å². The molecule has 3 aliphatic rings. The van der Waals surface area contributed by atoms with Gasteiger partial charge < -0.3 is 10.1 Å². The highest BCUT2D eigenvalue weighted by Gasteiger charge is 2.70. The number of amides is 1. The molecule has 2 aliphatic carbocycles. The fourth-order valence-corrected chi connectivity index (χ4v) is 5.47. The predicted molar refractivity (Wildman–Crippen MR) is 94.6 cm³/mol. The Hall–Kier alpha value is -2.14. The van der Waals surface area contributed by atoms with Crippen molar-refractivity contribution in [2.45, 2.75) is 31.4 Å². The average Bonchev–Trinajstić information content (AvgIpc) is 2.94. The van der Waals surface area contributed by atoms with Gasteiger partial charge in [0.05, 0.1) is 18.5 Å². The van der Waals surface area contributed by atoms with Gasteiger partial charge in [0.25, 0.3) is 0 Å². The van der Waals surface area contributed by atoms with Crippen molar-refractivity contribution in [1.82, 2.24) is 5.32 Å². The number of carbonyl (C=O) groups excluding carboxylic acids is 2. The summed E-state index contributed by atoms with van der Waals surface area (Å²) in [6.45, 7) is 0.585. The van der Waals surface area contributed by atoms with E-state index in [-0.39, 0.29) is 23.5 Å². The molecule has 25 heavy (non-hydrogen) atoms. The second-order valence-corrected chi connectivity index (χ2v) is 8.35. The monoisotopic (exact) mass is 353 g/mol. The number of rotatable bonds is 3. The van der Waals surface area contributed by atoms with Crippen LogP contribution in [-0.2, 0) is 11.3 Å². The van der Waals surface area contributed by atoms with Gasteiger partial charge >= 0.3 is 0 Å². The third kappa shape index (κ3) is 2.33. The van der Waals surface area contributed by atoms with Gasteiger partial charge in [-0.25, -0.2) is 0 Å². The third-order valence-electron chi connectivity index (χ3n) is 5.96. The normalized spacial score (nSPS) is 32.0. The summed E-state index contributed by atoms with van der Waals surface area (Å²) in [5.74, 6) is 1.47. The van der Waals surface area contributed by atoms with Crippen LogP contribution < -0.4 is 10.1 Å². The molecular weight excluding hydrogens is 334 g/mol. The van der Waals surface area contributed by atoms with Crippen LogP contribution in [0.3, 0.4) is 0 Å². The lowest BCUT2D eigenvalue weighted by Crippen LogP contribution is -2.44. The van der Waals surface area contributed by atoms with Crippen molar-refractivity contribution >= 4 is 23.0 Å². The lowest BCUT2D eigenvalue weighted by Gasteiger charge is -2.37. The molecule has 128 valence electrons. The Bertz CT molecular complexity index is 846. The molecule has 4 nitrogen and oxygen atoms in total. The second-order valence-electron chi connectivity index (χ2n) is 7.31. The van der Waals surface area contributed by atoms with Crippen molar-refractivity contribution in [3.63, 3.8) is 0 Å². The summed E-state index contributed by atoms with van der Waals surface area (Å²) in [6.07, 6.45) is 2.24. The molecule has 1 amide bonds. The van der Waals surface area contributed by atoms with Crippen molar-refractivity contribution in [2.24, 2.45) is 17.8 Å². The van der Waals surface area contributed by atoms with E-state index < -0.39 is 5.60 Å². The zero-order valence-corrected chi connectivity index (χ0v) is 14.6. The first-order valence-electron chi connectivity index (χ1n) is 8.79. The van der Waals surface area contributed by atoms with E-state index in [1.54, 1.807) is 11.3 Å². The second kappa shape index (κ2) is 5.43. The molecule has 0 unspecified atom stereocenters. The Kier molecular flexibility index (Phi) is 3.29. The molecule has 1 N–H and O–H groups in total. The Morgan fingerprint density at radius 2 is 2.16 bits per heavy atom. The smallest absolute Gasteiger partial charge is 0.224 e. The topological polar surface area (TPSA) is 55.4 Å². The Morgan fingerprint density at radius 3 is 3.00 bits per heavy atom. The largest absolute Gasteiger partial charge is 0.486 e. The molecule has 5 rings (SSSR count). The molecule has 2 aromatic rings. The zero-order valence-electron chi connectivity index (χ0n) is 13.7. The van der Waals surface area contributed by atoms with Gasteiger partial charge in [-0.2, -0.15) is 0 Å². The summed E-state index contributed by atoms with van der Waals surface area (Å²) in [5.41, 5.74) is 0.206. The molecule has 0 bridgehead atoms. The molecule has 2 saturated carbocycles. The van der Waals surface area contributed by atoms with Crippen LogP contribution in [0.15, 0.2) is 41.8 Å². The number of hydrogen-bond donors (Lipinski definition) is 1. The lowest BCUT2D eigenvalue weighted by atomic mass is 9.84. The third-order valence-corrected chi connectivity index (χ3v) is 6.83. The van der Waals surface area contributed by atoms with Crippen molar-refractivity contribution in [2.75, 3.05) is 0 Å². The average molecular weight is 353 g/mol. The Balaban J connectivity index is 1.33. The van der Waals surface area contributed by atoms with Gasteiger partial charge in [-0.1, -0.05) is 18.2 Å². The highest BCUT2D eigenvalue weighted by Crippen LogP contribution is 2.65. The van der Waals surface area contributed by atoms with Crippen molar-refractivity contribution < 1.29 is 14.3 Å². The number of nitrogens with one attached hydrogen (secondary N) is 1. The number of benzene rings is 1. The minimum Gasteiger partial charge on any atom is -0.486 e. The van der Waals surface area contributed by atoms with E-state index in [2.05, 4.69) is 5.32 Å². The Morgan fingerprint density at radius 1 is 1.28 bits per heavy atom. The number of fused-ring (bicyclic) bond motifs is 3. The SMILES string of the molecule is O=C1C[C@@]2(CC[C@@H]3[C@@H](C(=O)NCc4cccs4)[C@@H]32)Oc2ccccc21. The van der Waals surface area contributed by atoms with Crippen LogP contribution in [0.4, 0.5) is 0 Å². The molecule has 1 aromatic heterocycles. The van der Waals surface area contributed by atoms with E-state index in [0.29, 0.717) is 30.2 Å². The minimum absolute atomic E-state index is 0.00762. The van der Waals surface area contributed by atoms with Gasteiger partial charge in [-0.05, 0) is 42.3 Å². The predicted octanol–water partition coefficient (Wildman–Crippen LogP) is 3.42. The van der Waals surface area contributed by atoms with E-state index in [4.69, 9.17) is 4.74 Å². The number of Topliss-reactive ketones (excluding diaryl/α,β-unsaturated/α-hetero) is 1. The number of ether oxygens (including phenoxy) is 1. The number of thiophene rings is 1. The molecule has 5 heteroatoms. The van der Waals surface area contributed by atoms with Crippen LogP contribution in [0, 0.1) is 17.8 Å². The summed E-state index contributed by atoms with van der Waals surface area (Å²) in [6, 6.07) is 11.5. The molecular formula is C20H19NO3S. The quantitative estimate of drug-likeness (QED) is 0.920. The highest BCUT2D eigenvalue weighted by molar-refractivity contribution is 7.09. The van der Waals surface area contributed by atoms with Crippen molar-refractivity contribution in [3.8, 4) is 5.75 Å². The van der Waals surface area contributed by atoms with Crippen LogP contribution in [0.25, 0.3) is 0 Å². The van der Waals surface area contributed by atoms with Crippen molar-refractivity contribution in [3.05, 3.63) is 52.2 Å². The molecule has 0 radical (unpaired) electrons. The molecule has 2 fully saturated rings. The van der Waals surface area contributed by atoms with E-state index in [1.165, 1.54) is 0 Å². The molecule has 0 saturated heterocycles. The summed E-state index contributed by atoms with van der Waals surface area (Å²) in [4.78, 5) is 26.4. The van der Waals surface area contributed by atoms with E-state index in [9.17, 15) is 9.59 Å². The maximum Gasteiger partial charge on any atom is 0.224 e. The first-order chi connectivity index (χ1) is 12.2.